The fourth-order valence-electron chi connectivity index (χ4n) is 3.34. The predicted octanol–water partition coefficient (Wildman–Crippen LogP) is 0.804. The minimum Gasteiger partial charge on any atom is -0.463 e. The van der Waals surface area contributed by atoms with Gasteiger partial charge in [-0.15, -0.1) is 0 Å². The zero-order valence-electron chi connectivity index (χ0n) is 14.8. The Bertz CT molecular complexity index is 803. The first-order valence-electron chi connectivity index (χ1n) is 8.85. The van der Waals surface area contributed by atoms with Crippen molar-refractivity contribution in [1.82, 2.24) is 4.72 Å². The Morgan fingerprint density at radius 2 is 1.96 bits per heavy atom. The van der Waals surface area contributed by atoms with E-state index in [4.69, 9.17) is 4.42 Å². The van der Waals surface area contributed by atoms with E-state index in [-0.39, 0.29) is 17.6 Å². The van der Waals surface area contributed by atoms with Crippen molar-refractivity contribution in [3.63, 3.8) is 0 Å². The van der Waals surface area contributed by atoms with Crippen LogP contribution in [0.1, 0.15) is 18.7 Å². The zero-order valence-corrected chi connectivity index (χ0v) is 15.6. The van der Waals surface area contributed by atoms with Crippen LogP contribution < -0.4 is 14.5 Å². The molecule has 2 N–H and O–H groups in total. The number of nitrogens with one attached hydrogen (secondary N) is 2. The van der Waals surface area contributed by atoms with E-state index in [0.717, 1.165) is 18.8 Å². The lowest BCUT2D eigenvalue weighted by atomic mass is 10.1. The van der Waals surface area contributed by atoms with Crippen molar-refractivity contribution in [2.24, 2.45) is 0 Å². The van der Waals surface area contributed by atoms with Gasteiger partial charge >= 0.3 is 0 Å². The van der Waals surface area contributed by atoms with E-state index < -0.39 is 10.0 Å². The summed E-state index contributed by atoms with van der Waals surface area (Å²) in [6, 6.07) is 10.4. The van der Waals surface area contributed by atoms with Gasteiger partial charge in [0.2, 0.25) is 10.0 Å². The number of nitrogens with zero attached hydrogens (tertiary/aromatic N) is 1. The third-order valence-electron chi connectivity index (χ3n) is 4.87. The average molecular weight is 382 g/mol. The van der Waals surface area contributed by atoms with Crippen molar-refractivity contribution in [1.29, 1.82) is 0 Å². The van der Waals surface area contributed by atoms with E-state index in [2.05, 4.69) is 4.72 Å². The Kier molecular flexibility index (Phi) is 5.95. The number of hydrogen-bond donors (Lipinski definition) is 2. The Morgan fingerprint density at radius 3 is 2.58 bits per heavy atom. The van der Waals surface area contributed by atoms with E-state index in [1.807, 2.05) is 23.1 Å². The first kappa shape index (κ1) is 18.9. The van der Waals surface area contributed by atoms with Gasteiger partial charge in [0.15, 0.2) is 11.8 Å². The van der Waals surface area contributed by atoms with Gasteiger partial charge in [-0.25, -0.2) is 17.5 Å². The molecule has 1 aromatic carbocycles. The monoisotopic (exact) mass is 382 g/mol. The van der Waals surface area contributed by atoms with Gasteiger partial charge < -0.3 is 14.2 Å². The van der Waals surface area contributed by atoms with Crippen molar-refractivity contribution < 1.29 is 22.1 Å². The number of halogens is 1. The highest BCUT2D eigenvalue weighted by Gasteiger charge is 2.31. The Balaban J connectivity index is 1.68. The van der Waals surface area contributed by atoms with E-state index in [0.29, 0.717) is 25.3 Å². The minimum atomic E-state index is -3.27. The van der Waals surface area contributed by atoms with Gasteiger partial charge in [0, 0.05) is 0 Å². The number of piperazine rings is 1. The zero-order chi connectivity index (χ0) is 18.6. The molecular weight excluding hydrogens is 357 g/mol. The van der Waals surface area contributed by atoms with Crippen LogP contribution >= 0.6 is 0 Å². The Hall–Kier alpha value is -1.90. The first-order chi connectivity index (χ1) is 12.5. The molecule has 26 heavy (non-hydrogen) atoms. The van der Waals surface area contributed by atoms with Crippen molar-refractivity contribution in [2.45, 2.75) is 13.0 Å². The van der Waals surface area contributed by atoms with Crippen LogP contribution in [0.5, 0.6) is 0 Å². The summed E-state index contributed by atoms with van der Waals surface area (Å²) >= 11 is 0. The second-order valence-corrected chi connectivity index (χ2v) is 8.51. The van der Waals surface area contributed by atoms with Gasteiger partial charge in [0.25, 0.3) is 0 Å². The molecule has 1 aromatic heterocycles. The van der Waals surface area contributed by atoms with Crippen molar-refractivity contribution in [3.8, 4) is 0 Å². The lowest BCUT2D eigenvalue weighted by Gasteiger charge is -2.37. The number of hydrogen-bond acceptors (Lipinski definition) is 4. The van der Waals surface area contributed by atoms with Gasteiger partial charge in [0.1, 0.15) is 5.82 Å². The highest BCUT2D eigenvalue weighted by atomic mass is 32.2. The van der Waals surface area contributed by atoms with Gasteiger partial charge in [-0.3, -0.25) is 0 Å². The summed E-state index contributed by atoms with van der Waals surface area (Å²) in [5.74, 6) is 0.598. The smallest absolute Gasteiger partial charge is 0.211 e. The lowest BCUT2D eigenvalue weighted by Crippen LogP contribution is -3.15. The second kappa shape index (κ2) is 8.20. The second-order valence-electron chi connectivity index (χ2n) is 6.42. The molecule has 0 spiro atoms. The molecule has 3 rings (SSSR count). The van der Waals surface area contributed by atoms with E-state index in [1.54, 1.807) is 25.3 Å². The number of quaternary nitrogens is 1. The third kappa shape index (κ3) is 4.44. The summed E-state index contributed by atoms with van der Waals surface area (Å²) in [4.78, 5) is 3.26. The molecular formula is C18H25FN3O3S+. The predicted molar refractivity (Wildman–Crippen MR) is 98.2 cm³/mol. The maximum atomic E-state index is 14.0. The number of rotatable bonds is 7. The van der Waals surface area contributed by atoms with Gasteiger partial charge in [-0.05, 0) is 31.2 Å². The van der Waals surface area contributed by atoms with Crippen molar-refractivity contribution in [2.75, 3.05) is 43.4 Å². The van der Waals surface area contributed by atoms with Crippen molar-refractivity contribution >= 4 is 15.7 Å². The quantitative estimate of drug-likeness (QED) is 0.744. The molecule has 6 nitrogen and oxygen atoms in total. The van der Waals surface area contributed by atoms with Crippen LogP contribution in [-0.2, 0) is 10.0 Å². The van der Waals surface area contributed by atoms with Gasteiger partial charge in [-0.2, -0.15) is 0 Å². The van der Waals surface area contributed by atoms with Crippen LogP contribution in [0.2, 0.25) is 0 Å². The maximum Gasteiger partial charge on any atom is 0.211 e. The number of furan rings is 1. The molecule has 0 bridgehead atoms. The van der Waals surface area contributed by atoms with Crippen LogP contribution in [0, 0.1) is 5.82 Å². The molecule has 142 valence electrons. The van der Waals surface area contributed by atoms with Gasteiger partial charge in [0.05, 0.1) is 50.4 Å². The molecule has 0 saturated carbocycles. The largest absolute Gasteiger partial charge is 0.463 e. The number of para-hydroxylation sites is 1. The topological polar surface area (TPSA) is 67.0 Å². The molecule has 1 aliphatic rings. The summed E-state index contributed by atoms with van der Waals surface area (Å²) < 4.78 is 45.9. The Morgan fingerprint density at radius 1 is 1.23 bits per heavy atom. The average Bonchev–Trinajstić information content (AvgIpc) is 3.17. The molecule has 1 atom stereocenters. The van der Waals surface area contributed by atoms with Crippen LogP contribution in [0.25, 0.3) is 0 Å². The van der Waals surface area contributed by atoms with Crippen molar-refractivity contribution in [3.05, 3.63) is 54.2 Å². The normalized spacial score (nSPS) is 17.4. The van der Waals surface area contributed by atoms with E-state index in [1.165, 1.54) is 11.0 Å². The number of anilines is 1. The van der Waals surface area contributed by atoms with Gasteiger partial charge in [-0.1, -0.05) is 12.1 Å². The first-order valence-corrected chi connectivity index (χ1v) is 10.5. The summed E-state index contributed by atoms with van der Waals surface area (Å²) in [5.41, 5.74) is 0.618. The molecule has 2 aromatic rings. The minimum absolute atomic E-state index is 0.0499. The summed E-state index contributed by atoms with van der Waals surface area (Å²) in [6.45, 7) is 4.85. The third-order valence-corrected chi connectivity index (χ3v) is 6.23. The molecule has 1 saturated heterocycles. The summed E-state index contributed by atoms with van der Waals surface area (Å²) in [6.07, 6.45) is 1.60. The molecule has 0 radical (unpaired) electrons. The fraction of sp³-hybridized carbons (Fsp3) is 0.444. The highest BCUT2D eigenvalue weighted by molar-refractivity contribution is 7.89. The van der Waals surface area contributed by atoms with Crippen LogP contribution in [0.3, 0.4) is 0 Å². The Labute approximate surface area is 153 Å². The van der Waals surface area contributed by atoms with E-state index in [9.17, 15) is 12.8 Å². The number of sulfonamides is 1. The summed E-state index contributed by atoms with van der Waals surface area (Å²) in [5, 5.41) is 0. The number of benzene rings is 1. The van der Waals surface area contributed by atoms with Crippen LogP contribution in [-0.4, -0.2) is 46.9 Å². The maximum absolute atomic E-state index is 14.0. The van der Waals surface area contributed by atoms with E-state index >= 15 is 0 Å². The van der Waals surface area contributed by atoms with Crippen LogP contribution in [0.15, 0.2) is 47.1 Å². The molecule has 2 heterocycles. The fourth-order valence-corrected chi connectivity index (χ4v) is 3.96. The molecule has 1 fully saturated rings. The SMILES string of the molecule is CCS(=O)(=O)NC[C@H](c1ccco1)[NH+]1CCN(c2ccccc2F)CC1. The van der Waals surface area contributed by atoms with Crippen LogP contribution in [0.4, 0.5) is 10.1 Å². The lowest BCUT2D eigenvalue weighted by molar-refractivity contribution is -0.931. The summed E-state index contributed by atoms with van der Waals surface area (Å²) in [7, 11) is -3.27. The standard InChI is InChI=1S/C18H24FN3O3S/c1-2-26(23,24)20-14-17(18-8-5-13-25-18)22-11-9-21(10-12-22)16-7-4-3-6-15(16)19/h3-8,13,17,20H,2,9-12,14H2,1H3/p+1/t17-/m1/s1. The highest BCUT2D eigenvalue weighted by Crippen LogP contribution is 2.19. The molecule has 0 amide bonds. The molecule has 1 aliphatic heterocycles. The molecule has 0 unspecified atom stereocenters. The molecule has 8 heteroatoms. The molecule has 0 aliphatic carbocycles.